The van der Waals surface area contributed by atoms with Gasteiger partial charge in [0.05, 0.1) is 0 Å². The quantitative estimate of drug-likeness (QED) is 0.836. The molecule has 1 aromatic heterocycles. The zero-order chi connectivity index (χ0) is 12.0. The van der Waals surface area contributed by atoms with Gasteiger partial charge in [-0.25, -0.2) is 4.39 Å². The lowest BCUT2D eigenvalue weighted by Gasteiger charge is -2.15. The third-order valence-corrected chi connectivity index (χ3v) is 3.85. The maximum absolute atomic E-state index is 13.2. The summed E-state index contributed by atoms with van der Waals surface area (Å²) in [6.07, 6.45) is 2.44. The minimum absolute atomic E-state index is 0.177. The highest BCUT2D eigenvalue weighted by atomic mass is 19.1. The molecule has 2 nitrogen and oxygen atoms in total. The van der Waals surface area contributed by atoms with Crippen LogP contribution < -0.4 is 5.32 Å². The summed E-state index contributed by atoms with van der Waals surface area (Å²) in [6, 6.07) is 5.04. The molecule has 0 spiro atoms. The zero-order valence-corrected chi connectivity index (χ0v) is 10.2. The summed E-state index contributed by atoms with van der Waals surface area (Å²) >= 11 is 0. The molecule has 0 bridgehead atoms. The largest absolute Gasteiger partial charge is 0.358 e. The normalized spacial score (nSPS) is 17.6. The van der Waals surface area contributed by atoms with E-state index in [4.69, 9.17) is 0 Å². The summed E-state index contributed by atoms with van der Waals surface area (Å²) < 4.78 is 13.2. The lowest BCUT2D eigenvalue weighted by molar-refractivity contribution is 0.624. The summed E-state index contributed by atoms with van der Waals surface area (Å²) in [4.78, 5) is 3.30. The first-order valence-corrected chi connectivity index (χ1v) is 6.09. The number of rotatable bonds is 3. The molecule has 0 aliphatic heterocycles. The van der Waals surface area contributed by atoms with Gasteiger partial charge in [0, 0.05) is 28.6 Å². The van der Waals surface area contributed by atoms with Crippen LogP contribution in [0.3, 0.4) is 0 Å². The number of H-pyrrole nitrogens is 1. The molecule has 3 rings (SSSR count). The van der Waals surface area contributed by atoms with Crippen LogP contribution in [0.25, 0.3) is 10.9 Å². The number of aromatic amines is 1. The van der Waals surface area contributed by atoms with Crippen LogP contribution in [0, 0.1) is 12.7 Å². The van der Waals surface area contributed by atoms with Gasteiger partial charge < -0.3 is 10.3 Å². The average molecular weight is 232 g/mol. The lowest BCUT2D eigenvalue weighted by atomic mass is 9.93. The van der Waals surface area contributed by atoms with E-state index in [1.807, 2.05) is 13.1 Å². The van der Waals surface area contributed by atoms with Crippen molar-refractivity contribution < 1.29 is 4.39 Å². The molecule has 1 heterocycles. The van der Waals surface area contributed by atoms with Crippen molar-refractivity contribution >= 4 is 10.9 Å². The van der Waals surface area contributed by atoms with E-state index in [-0.39, 0.29) is 11.2 Å². The van der Waals surface area contributed by atoms with Crippen LogP contribution >= 0.6 is 0 Å². The average Bonchev–Trinajstić information content (AvgIpc) is 2.95. The smallest absolute Gasteiger partial charge is 0.125 e. The number of likely N-dealkylation sites (N-methyl/N-ethyl adjacent to an activating group) is 1. The Kier molecular flexibility index (Phi) is 2.26. The minimum Gasteiger partial charge on any atom is -0.358 e. The second-order valence-electron chi connectivity index (χ2n) is 5.13. The summed E-state index contributed by atoms with van der Waals surface area (Å²) in [7, 11) is 1.99. The van der Waals surface area contributed by atoms with Gasteiger partial charge in [0.1, 0.15) is 5.82 Å². The van der Waals surface area contributed by atoms with Gasteiger partial charge in [-0.1, -0.05) is 0 Å². The fourth-order valence-electron chi connectivity index (χ4n) is 2.99. The molecule has 17 heavy (non-hydrogen) atoms. The Balaban J connectivity index is 2.19. The number of aromatic nitrogens is 1. The van der Waals surface area contributed by atoms with Crippen molar-refractivity contribution in [2.24, 2.45) is 0 Å². The molecule has 1 aromatic carbocycles. The first-order valence-electron chi connectivity index (χ1n) is 6.09. The maximum atomic E-state index is 13.2. The van der Waals surface area contributed by atoms with Crippen LogP contribution in [0.5, 0.6) is 0 Å². The highest BCUT2D eigenvalue weighted by Crippen LogP contribution is 2.51. The van der Waals surface area contributed by atoms with Crippen molar-refractivity contribution in [3.05, 3.63) is 35.3 Å². The van der Waals surface area contributed by atoms with Crippen LogP contribution in [0.2, 0.25) is 0 Å². The van der Waals surface area contributed by atoms with E-state index in [0.29, 0.717) is 0 Å². The molecule has 0 saturated heterocycles. The Hall–Kier alpha value is -1.35. The van der Waals surface area contributed by atoms with Crippen LogP contribution in [0.15, 0.2) is 18.2 Å². The maximum Gasteiger partial charge on any atom is 0.125 e. The van der Waals surface area contributed by atoms with Gasteiger partial charge in [0.15, 0.2) is 0 Å². The van der Waals surface area contributed by atoms with Gasteiger partial charge in [-0.3, -0.25) is 0 Å². The summed E-state index contributed by atoms with van der Waals surface area (Å²) in [5.74, 6) is -0.177. The topological polar surface area (TPSA) is 27.8 Å². The predicted molar refractivity (Wildman–Crippen MR) is 67.8 cm³/mol. The fourth-order valence-corrected chi connectivity index (χ4v) is 2.99. The Bertz CT molecular complexity index is 567. The van der Waals surface area contributed by atoms with E-state index >= 15 is 0 Å². The number of benzene rings is 1. The van der Waals surface area contributed by atoms with Crippen LogP contribution in [-0.4, -0.2) is 18.6 Å². The van der Waals surface area contributed by atoms with Crippen molar-refractivity contribution in [3.8, 4) is 0 Å². The van der Waals surface area contributed by atoms with E-state index in [1.54, 1.807) is 12.1 Å². The SMILES string of the molecule is CNCC1(c2c(C)[nH]c3cc(F)ccc23)CC1. The zero-order valence-electron chi connectivity index (χ0n) is 10.2. The Morgan fingerprint density at radius 3 is 2.82 bits per heavy atom. The second kappa shape index (κ2) is 3.57. The second-order valence-corrected chi connectivity index (χ2v) is 5.13. The van der Waals surface area contributed by atoms with Crippen LogP contribution in [-0.2, 0) is 5.41 Å². The molecular weight excluding hydrogens is 215 g/mol. The van der Waals surface area contributed by atoms with Gasteiger partial charge in [0.2, 0.25) is 0 Å². The van der Waals surface area contributed by atoms with Crippen molar-refractivity contribution in [1.29, 1.82) is 0 Å². The predicted octanol–water partition coefficient (Wildman–Crippen LogP) is 2.87. The molecule has 0 atom stereocenters. The number of aryl methyl sites for hydroxylation is 1. The fraction of sp³-hybridized carbons (Fsp3) is 0.429. The standard InChI is InChI=1S/C14H17FN2/c1-9-13(14(5-6-14)8-16-2)11-4-3-10(15)7-12(11)17-9/h3-4,7,16-17H,5-6,8H2,1-2H3. The highest BCUT2D eigenvalue weighted by molar-refractivity contribution is 5.86. The van der Waals surface area contributed by atoms with E-state index in [2.05, 4.69) is 17.2 Å². The van der Waals surface area contributed by atoms with Crippen LogP contribution in [0.1, 0.15) is 24.1 Å². The third kappa shape index (κ3) is 1.57. The number of hydrogen-bond donors (Lipinski definition) is 2. The third-order valence-electron chi connectivity index (χ3n) is 3.85. The van der Waals surface area contributed by atoms with Gasteiger partial charge in [-0.05, 0) is 50.6 Å². The molecule has 0 amide bonds. The van der Waals surface area contributed by atoms with Crippen molar-refractivity contribution in [2.45, 2.75) is 25.2 Å². The molecule has 2 aromatic rings. The molecule has 1 aliphatic rings. The van der Waals surface area contributed by atoms with Gasteiger partial charge in [-0.2, -0.15) is 0 Å². The molecule has 1 aliphatic carbocycles. The molecule has 1 saturated carbocycles. The molecule has 90 valence electrons. The molecule has 0 radical (unpaired) electrons. The molecule has 2 N–H and O–H groups in total. The minimum atomic E-state index is -0.177. The summed E-state index contributed by atoms with van der Waals surface area (Å²) in [5, 5.41) is 4.45. The van der Waals surface area contributed by atoms with Gasteiger partial charge >= 0.3 is 0 Å². The van der Waals surface area contributed by atoms with Crippen molar-refractivity contribution in [1.82, 2.24) is 10.3 Å². The van der Waals surface area contributed by atoms with Gasteiger partial charge in [0.25, 0.3) is 0 Å². The van der Waals surface area contributed by atoms with Crippen molar-refractivity contribution in [2.75, 3.05) is 13.6 Å². The van der Waals surface area contributed by atoms with E-state index in [9.17, 15) is 4.39 Å². The molecular formula is C14H17FN2. The number of halogens is 1. The number of hydrogen-bond acceptors (Lipinski definition) is 1. The van der Waals surface area contributed by atoms with Crippen LogP contribution in [0.4, 0.5) is 4.39 Å². The van der Waals surface area contributed by atoms with Crippen molar-refractivity contribution in [3.63, 3.8) is 0 Å². The Morgan fingerprint density at radius 1 is 1.41 bits per heavy atom. The van der Waals surface area contributed by atoms with E-state index in [1.165, 1.54) is 29.5 Å². The number of nitrogens with one attached hydrogen (secondary N) is 2. The molecule has 1 fully saturated rings. The highest BCUT2D eigenvalue weighted by Gasteiger charge is 2.46. The van der Waals surface area contributed by atoms with Gasteiger partial charge in [-0.15, -0.1) is 0 Å². The van der Waals surface area contributed by atoms with E-state index < -0.39 is 0 Å². The molecule has 3 heteroatoms. The summed E-state index contributed by atoms with van der Waals surface area (Å²) in [6.45, 7) is 3.08. The summed E-state index contributed by atoms with van der Waals surface area (Å²) in [5.41, 5.74) is 3.75. The van der Waals surface area contributed by atoms with E-state index in [0.717, 1.165) is 12.1 Å². The molecule has 0 unspecified atom stereocenters. The monoisotopic (exact) mass is 232 g/mol. The lowest BCUT2D eigenvalue weighted by Crippen LogP contribution is -2.24. The first-order chi connectivity index (χ1) is 8.16. The first kappa shape index (κ1) is 10.8. The Morgan fingerprint density at radius 2 is 2.18 bits per heavy atom. The number of fused-ring (bicyclic) bond motifs is 1. The Labute approximate surface area is 100 Å².